The van der Waals surface area contributed by atoms with Crippen molar-refractivity contribution in [1.82, 2.24) is 9.55 Å². The Morgan fingerprint density at radius 1 is 1.50 bits per heavy atom. The van der Waals surface area contributed by atoms with Gasteiger partial charge in [-0.1, -0.05) is 0 Å². The number of carboxylic acid groups (broad SMARTS) is 1. The van der Waals surface area contributed by atoms with Crippen LogP contribution < -0.4 is 24.0 Å². The summed E-state index contributed by atoms with van der Waals surface area (Å²) in [5, 5.41) is 11.0. The molecule has 0 aliphatic heterocycles. The number of aromatic carboxylic acids is 1. The minimum absolute atomic E-state index is 0. The Balaban J connectivity index is 0.00000120. The van der Waals surface area contributed by atoms with Crippen molar-refractivity contribution in [3.05, 3.63) is 29.8 Å². The van der Waals surface area contributed by atoms with Crippen molar-refractivity contribution >= 4 is 17.0 Å². The number of rotatable bonds is 3. The molecule has 1 fully saturated rings. The quantitative estimate of drug-likeness (QED) is 0.580. The maximum Gasteiger partial charge on any atom is 1.00 e. The Bertz CT molecular complexity index is 607. The predicted molar refractivity (Wildman–Crippen MR) is 56.7 cm³/mol. The van der Waals surface area contributed by atoms with E-state index in [1.54, 1.807) is 10.6 Å². The van der Waals surface area contributed by atoms with Crippen molar-refractivity contribution in [3.8, 4) is 0 Å². The molecule has 1 aromatic carbocycles. The van der Waals surface area contributed by atoms with E-state index in [0.717, 1.165) is 12.8 Å². The Hall–Kier alpha value is -1.31. The van der Waals surface area contributed by atoms with E-state index in [4.69, 9.17) is 0 Å². The number of benzene rings is 1. The molecule has 0 saturated heterocycles. The van der Waals surface area contributed by atoms with Gasteiger partial charge in [-0.25, -0.2) is 9.37 Å². The van der Waals surface area contributed by atoms with E-state index < -0.39 is 11.8 Å². The van der Waals surface area contributed by atoms with Crippen LogP contribution >= 0.6 is 0 Å². The van der Waals surface area contributed by atoms with Crippen LogP contribution in [0.1, 0.15) is 23.5 Å². The topological polar surface area (TPSA) is 57.9 Å². The number of hydrogen-bond donors (Lipinski definition) is 0. The molecule has 0 bridgehead atoms. The largest absolute Gasteiger partial charge is 1.00 e. The summed E-state index contributed by atoms with van der Waals surface area (Å²) in [4.78, 5) is 14.9. The van der Waals surface area contributed by atoms with E-state index in [2.05, 4.69) is 4.98 Å². The van der Waals surface area contributed by atoms with E-state index in [-0.39, 0.29) is 24.7 Å². The number of carbonyl (C=O) groups excluding carboxylic acids is 1. The van der Waals surface area contributed by atoms with Crippen LogP contribution in [0, 0.1) is 11.7 Å². The maximum absolute atomic E-state index is 13.0. The van der Waals surface area contributed by atoms with Gasteiger partial charge >= 0.3 is 18.9 Å². The van der Waals surface area contributed by atoms with Gasteiger partial charge in [-0.05, 0) is 30.9 Å². The van der Waals surface area contributed by atoms with E-state index in [1.807, 2.05) is 0 Å². The predicted octanol–water partition coefficient (Wildman–Crippen LogP) is -2.05. The second kappa shape index (κ2) is 4.75. The van der Waals surface area contributed by atoms with Gasteiger partial charge in [0.15, 0.2) is 5.82 Å². The van der Waals surface area contributed by atoms with E-state index >= 15 is 0 Å². The molecule has 1 saturated carbocycles. The summed E-state index contributed by atoms with van der Waals surface area (Å²) >= 11 is 0. The van der Waals surface area contributed by atoms with Gasteiger partial charge < -0.3 is 14.5 Å². The Morgan fingerprint density at radius 2 is 2.22 bits per heavy atom. The fourth-order valence-corrected chi connectivity index (χ4v) is 2.00. The van der Waals surface area contributed by atoms with E-state index in [0.29, 0.717) is 23.5 Å². The number of carboxylic acids is 1. The third-order valence-electron chi connectivity index (χ3n) is 3.03. The van der Waals surface area contributed by atoms with E-state index in [9.17, 15) is 14.3 Å². The molecular formula is C12H10FLiN2O2. The molecule has 1 heterocycles. The zero-order chi connectivity index (χ0) is 12.0. The second-order valence-electron chi connectivity index (χ2n) is 4.41. The Morgan fingerprint density at radius 3 is 2.83 bits per heavy atom. The third kappa shape index (κ3) is 2.29. The smallest absolute Gasteiger partial charge is 0.542 e. The summed E-state index contributed by atoms with van der Waals surface area (Å²) < 4.78 is 14.7. The molecule has 18 heavy (non-hydrogen) atoms. The maximum atomic E-state index is 13.0. The van der Waals surface area contributed by atoms with Crippen LogP contribution in [0.5, 0.6) is 0 Å². The van der Waals surface area contributed by atoms with Crippen molar-refractivity contribution in [2.75, 3.05) is 0 Å². The molecule has 1 aliphatic rings. The van der Waals surface area contributed by atoms with Gasteiger partial charge in [-0.3, -0.25) is 0 Å². The summed E-state index contributed by atoms with van der Waals surface area (Å²) in [5.41, 5.74) is 1.02. The van der Waals surface area contributed by atoms with Crippen LogP contribution in [0.15, 0.2) is 18.2 Å². The molecule has 1 aliphatic carbocycles. The summed E-state index contributed by atoms with van der Waals surface area (Å²) in [6.45, 7) is 0.617. The van der Waals surface area contributed by atoms with Gasteiger partial charge in [0, 0.05) is 12.6 Å². The van der Waals surface area contributed by atoms with Crippen LogP contribution in [-0.4, -0.2) is 15.5 Å². The Kier molecular flexibility index (Phi) is 3.47. The molecule has 0 radical (unpaired) electrons. The standard InChI is InChI=1S/C12H11FN2O2.Li/c13-8-3-4-10-9(5-8)14-11(12(16)17)15(10)6-7-1-2-7;/h3-5,7H,1-2,6H2,(H,16,17);/q;+1/p-1. The van der Waals surface area contributed by atoms with Crippen molar-refractivity contribution in [2.24, 2.45) is 5.92 Å². The van der Waals surface area contributed by atoms with Crippen LogP contribution in [0.2, 0.25) is 0 Å². The Labute approximate surface area is 115 Å². The average Bonchev–Trinajstić information content (AvgIpc) is 3.00. The molecule has 4 nitrogen and oxygen atoms in total. The van der Waals surface area contributed by atoms with Crippen LogP contribution in [0.4, 0.5) is 4.39 Å². The zero-order valence-corrected chi connectivity index (χ0v) is 10.0. The second-order valence-corrected chi connectivity index (χ2v) is 4.41. The monoisotopic (exact) mass is 240 g/mol. The van der Waals surface area contributed by atoms with Gasteiger partial charge in [-0.2, -0.15) is 0 Å². The molecule has 6 heteroatoms. The van der Waals surface area contributed by atoms with Crippen molar-refractivity contribution in [1.29, 1.82) is 0 Å². The van der Waals surface area contributed by atoms with Crippen molar-refractivity contribution < 1.29 is 33.2 Å². The first kappa shape index (κ1) is 13.1. The molecule has 0 amide bonds. The molecule has 0 atom stereocenters. The number of nitrogens with zero attached hydrogens (tertiary/aromatic N) is 2. The van der Waals surface area contributed by atoms with Crippen LogP contribution in [0.3, 0.4) is 0 Å². The summed E-state index contributed by atoms with van der Waals surface area (Å²) in [6, 6.07) is 4.12. The van der Waals surface area contributed by atoms with Gasteiger partial charge in [-0.15, -0.1) is 0 Å². The molecule has 0 unspecified atom stereocenters. The minimum Gasteiger partial charge on any atom is -0.542 e. The first-order valence-corrected chi connectivity index (χ1v) is 5.52. The SMILES string of the molecule is O=C([O-])c1nc2cc(F)ccc2n1CC1CC1.[Li+]. The van der Waals surface area contributed by atoms with Crippen molar-refractivity contribution in [3.63, 3.8) is 0 Å². The first-order chi connectivity index (χ1) is 8.15. The number of carbonyl (C=O) groups is 1. The first-order valence-electron chi connectivity index (χ1n) is 5.52. The summed E-state index contributed by atoms with van der Waals surface area (Å²) in [6.07, 6.45) is 2.21. The third-order valence-corrected chi connectivity index (χ3v) is 3.03. The van der Waals surface area contributed by atoms with Crippen LogP contribution in [-0.2, 0) is 6.54 Å². The van der Waals surface area contributed by atoms with Gasteiger partial charge in [0.05, 0.1) is 11.0 Å². The number of aromatic nitrogens is 2. The molecule has 1 aromatic heterocycles. The molecule has 0 N–H and O–H groups in total. The van der Waals surface area contributed by atoms with Gasteiger partial charge in [0.2, 0.25) is 0 Å². The number of imidazole rings is 1. The van der Waals surface area contributed by atoms with Gasteiger partial charge in [0.25, 0.3) is 0 Å². The summed E-state index contributed by atoms with van der Waals surface area (Å²) in [7, 11) is 0. The number of halogens is 1. The molecule has 3 rings (SSSR count). The zero-order valence-electron chi connectivity index (χ0n) is 10.0. The molecule has 0 spiro atoms. The summed E-state index contributed by atoms with van der Waals surface area (Å²) in [5.74, 6) is -1.34. The van der Waals surface area contributed by atoms with E-state index in [1.165, 1.54) is 12.1 Å². The molecule has 2 aromatic rings. The number of hydrogen-bond acceptors (Lipinski definition) is 3. The number of fused-ring (bicyclic) bond motifs is 1. The normalized spacial score (nSPS) is 14.5. The fraction of sp³-hybridized carbons (Fsp3) is 0.333. The molecular weight excluding hydrogens is 230 g/mol. The average molecular weight is 240 g/mol. The van der Waals surface area contributed by atoms with Crippen LogP contribution in [0.25, 0.3) is 11.0 Å². The fourth-order valence-electron chi connectivity index (χ4n) is 2.00. The van der Waals surface area contributed by atoms with Gasteiger partial charge in [0.1, 0.15) is 11.8 Å². The van der Waals surface area contributed by atoms with Crippen molar-refractivity contribution in [2.45, 2.75) is 19.4 Å². The minimum atomic E-state index is -1.32. The molecule has 88 valence electrons.